The van der Waals surface area contributed by atoms with Crippen molar-refractivity contribution in [2.24, 2.45) is 0 Å². The van der Waals surface area contributed by atoms with Gasteiger partial charge in [-0.05, 0) is 18.2 Å². The second kappa shape index (κ2) is 2.23. The normalized spacial score (nSPS) is 12.3. The highest BCUT2D eigenvalue weighted by Crippen LogP contribution is 1.98. The summed E-state index contributed by atoms with van der Waals surface area (Å²) in [6, 6.07) is 1.94. The monoisotopic (exact) mass is 139 g/mol. The molecule has 0 spiro atoms. The highest BCUT2D eigenvalue weighted by atomic mass is 32.1. The van der Waals surface area contributed by atoms with Crippen LogP contribution in [-0.4, -0.2) is 0 Å². The van der Waals surface area contributed by atoms with Crippen molar-refractivity contribution in [2.75, 3.05) is 5.73 Å². The maximum absolute atomic E-state index is 5.51. The third kappa shape index (κ3) is 1.13. The Morgan fingerprint density at radius 3 is 2.67 bits per heavy atom. The average molecular weight is 139 g/mol. The van der Waals surface area contributed by atoms with E-state index in [9.17, 15) is 0 Å². The number of thiophene rings is 1. The number of nitrogen functional groups attached to an aromatic ring is 1. The first-order chi connectivity index (χ1) is 4.24. The zero-order chi connectivity index (χ0) is 6.85. The molecule has 0 fully saturated rings. The minimum atomic E-state index is 0.841. The van der Waals surface area contributed by atoms with Gasteiger partial charge in [-0.15, -0.1) is 11.3 Å². The van der Waals surface area contributed by atoms with Crippen LogP contribution in [-0.2, 0) is 0 Å². The zero-order valence-electron chi connectivity index (χ0n) is 5.35. The average Bonchev–Trinajstić information content (AvgIpc) is 2.10. The maximum Gasteiger partial charge on any atom is 0.0868 e. The van der Waals surface area contributed by atoms with E-state index in [2.05, 4.69) is 6.58 Å². The lowest BCUT2D eigenvalue weighted by Gasteiger charge is -1.70. The molecule has 0 bridgehead atoms. The van der Waals surface area contributed by atoms with Crippen molar-refractivity contribution >= 4 is 29.0 Å². The predicted octanol–water partition coefficient (Wildman–Crippen LogP) is 0.541. The van der Waals surface area contributed by atoms with Crippen molar-refractivity contribution in [3.63, 3.8) is 0 Å². The molecule has 0 saturated heterocycles. The highest BCUT2D eigenvalue weighted by molar-refractivity contribution is 7.13. The largest absolute Gasteiger partial charge is 0.391 e. The van der Waals surface area contributed by atoms with E-state index in [-0.39, 0.29) is 0 Å². The van der Waals surface area contributed by atoms with Gasteiger partial charge in [0.05, 0.1) is 5.00 Å². The summed E-state index contributed by atoms with van der Waals surface area (Å²) in [6.45, 7) is 5.80. The summed E-state index contributed by atoms with van der Waals surface area (Å²) in [5.74, 6) is 0. The van der Waals surface area contributed by atoms with Gasteiger partial charge in [0.15, 0.2) is 0 Å². The van der Waals surface area contributed by atoms with E-state index >= 15 is 0 Å². The zero-order valence-corrected chi connectivity index (χ0v) is 6.16. The van der Waals surface area contributed by atoms with Crippen LogP contribution in [0.25, 0.3) is 12.7 Å². The minimum Gasteiger partial charge on any atom is -0.391 e. The van der Waals surface area contributed by atoms with Crippen LogP contribution in [0.5, 0.6) is 0 Å². The molecule has 2 N–H and O–H groups in total. The molecule has 1 aromatic rings. The van der Waals surface area contributed by atoms with E-state index in [1.807, 2.05) is 19.1 Å². The Balaban J connectivity index is 3.52. The Bertz CT molecular complexity index is 297. The van der Waals surface area contributed by atoms with E-state index in [0.717, 1.165) is 14.8 Å². The Labute approximate surface area is 58.1 Å². The van der Waals surface area contributed by atoms with Crippen LogP contribution in [0.4, 0.5) is 5.00 Å². The Hall–Kier alpha value is -0.760. The predicted molar refractivity (Wildman–Crippen MR) is 43.6 cm³/mol. The lowest BCUT2D eigenvalue weighted by atomic mass is 10.4. The molecule has 0 aliphatic rings. The van der Waals surface area contributed by atoms with Crippen LogP contribution in [0.2, 0.25) is 0 Å². The number of hydrogen-bond donors (Lipinski definition) is 1. The van der Waals surface area contributed by atoms with Crippen molar-refractivity contribution in [2.45, 2.75) is 6.92 Å². The van der Waals surface area contributed by atoms with Crippen LogP contribution in [0, 0.1) is 0 Å². The maximum atomic E-state index is 5.51. The molecule has 1 rings (SSSR count). The lowest BCUT2D eigenvalue weighted by Crippen LogP contribution is -2.14. The van der Waals surface area contributed by atoms with Gasteiger partial charge in [0.1, 0.15) is 0 Å². The summed E-state index contributed by atoms with van der Waals surface area (Å²) in [6.07, 6.45) is 2.01. The van der Waals surface area contributed by atoms with E-state index in [1.54, 1.807) is 0 Å². The van der Waals surface area contributed by atoms with Crippen LogP contribution >= 0.6 is 11.3 Å². The molecule has 1 aromatic heterocycles. The number of hydrogen-bond acceptors (Lipinski definition) is 2. The SMILES string of the molecule is C=c1sc(N)c/c1=C/C. The summed E-state index contributed by atoms with van der Waals surface area (Å²) in [5.41, 5.74) is 5.51. The van der Waals surface area contributed by atoms with E-state index in [4.69, 9.17) is 5.73 Å². The molecular formula is C7H9NS. The first-order valence-electron chi connectivity index (χ1n) is 2.74. The van der Waals surface area contributed by atoms with Crippen LogP contribution < -0.4 is 15.5 Å². The van der Waals surface area contributed by atoms with Crippen molar-refractivity contribution in [3.8, 4) is 0 Å². The van der Waals surface area contributed by atoms with Crippen molar-refractivity contribution in [3.05, 3.63) is 15.8 Å². The molecule has 0 unspecified atom stereocenters. The molecule has 0 aliphatic carbocycles. The van der Waals surface area contributed by atoms with Crippen LogP contribution in [0.15, 0.2) is 6.07 Å². The molecule has 2 heteroatoms. The first-order valence-corrected chi connectivity index (χ1v) is 3.56. The van der Waals surface area contributed by atoms with Crippen molar-refractivity contribution in [1.82, 2.24) is 0 Å². The van der Waals surface area contributed by atoms with Crippen LogP contribution in [0.1, 0.15) is 6.92 Å². The highest BCUT2D eigenvalue weighted by Gasteiger charge is 1.86. The standard InChI is InChI=1S/C7H9NS/c1-3-6-4-7(8)9-5(6)2/h3-4H,2,8H2,1H3/b6-3-. The third-order valence-corrected chi connectivity index (χ3v) is 2.01. The topological polar surface area (TPSA) is 26.0 Å². The van der Waals surface area contributed by atoms with Crippen molar-refractivity contribution in [1.29, 1.82) is 0 Å². The fourth-order valence-corrected chi connectivity index (χ4v) is 1.47. The Morgan fingerprint density at radius 1 is 1.78 bits per heavy atom. The molecule has 0 atom stereocenters. The smallest absolute Gasteiger partial charge is 0.0868 e. The minimum absolute atomic E-state index is 0.841. The fraction of sp³-hybridized carbons (Fsp3) is 0.143. The van der Waals surface area contributed by atoms with Gasteiger partial charge in [-0.2, -0.15) is 0 Å². The van der Waals surface area contributed by atoms with Crippen LogP contribution in [0.3, 0.4) is 0 Å². The molecule has 48 valence electrons. The molecule has 0 aliphatic heterocycles. The van der Waals surface area contributed by atoms with Crippen molar-refractivity contribution < 1.29 is 0 Å². The van der Waals surface area contributed by atoms with Gasteiger partial charge >= 0.3 is 0 Å². The summed E-state index contributed by atoms with van der Waals surface area (Å²) < 4.78 is 1.05. The molecular weight excluding hydrogens is 130 g/mol. The first kappa shape index (κ1) is 6.36. The van der Waals surface area contributed by atoms with Gasteiger partial charge in [0, 0.05) is 4.53 Å². The molecule has 0 amide bonds. The lowest BCUT2D eigenvalue weighted by molar-refractivity contribution is 1.69. The molecule has 0 aromatic carbocycles. The molecule has 0 saturated carbocycles. The molecule has 1 heterocycles. The quantitative estimate of drug-likeness (QED) is 0.558. The number of nitrogens with two attached hydrogens (primary N) is 1. The van der Waals surface area contributed by atoms with Gasteiger partial charge in [0.2, 0.25) is 0 Å². The van der Waals surface area contributed by atoms with E-state index in [0.29, 0.717) is 0 Å². The third-order valence-electron chi connectivity index (χ3n) is 1.17. The van der Waals surface area contributed by atoms with Gasteiger partial charge in [-0.3, -0.25) is 0 Å². The second-order valence-electron chi connectivity index (χ2n) is 1.82. The summed E-state index contributed by atoms with van der Waals surface area (Å²) >= 11 is 1.53. The van der Waals surface area contributed by atoms with Gasteiger partial charge in [-0.25, -0.2) is 0 Å². The fourth-order valence-electron chi connectivity index (χ4n) is 0.709. The van der Waals surface area contributed by atoms with Gasteiger partial charge in [0.25, 0.3) is 0 Å². The van der Waals surface area contributed by atoms with E-state index in [1.165, 1.54) is 11.3 Å². The summed E-state index contributed by atoms with van der Waals surface area (Å²) in [4.78, 5) is 0. The van der Waals surface area contributed by atoms with E-state index < -0.39 is 0 Å². The Kier molecular flexibility index (Phi) is 1.58. The molecule has 0 radical (unpaired) electrons. The van der Waals surface area contributed by atoms with Gasteiger partial charge < -0.3 is 5.73 Å². The molecule has 1 nitrogen and oxygen atoms in total. The Morgan fingerprint density at radius 2 is 2.44 bits per heavy atom. The summed E-state index contributed by atoms with van der Waals surface area (Å²) in [5, 5.41) is 1.99. The number of anilines is 1. The summed E-state index contributed by atoms with van der Waals surface area (Å²) in [7, 11) is 0. The van der Waals surface area contributed by atoms with Gasteiger partial charge in [-0.1, -0.05) is 12.7 Å². The second-order valence-corrected chi connectivity index (χ2v) is 2.98. The number of rotatable bonds is 0. The molecule has 9 heavy (non-hydrogen) atoms.